The van der Waals surface area contributed by atoms with E-state index >= 15 is 0 Å². The van der Waals surface area contributed by atoms with Crippen molar-refractivity contribution in [2.24, 2.45) is 5.73 Å². The van der Waals surface area contributed by atoms with Crippen molar-refractivity contribution in [1.82, 2.24) is 15.1 Å². The third-order valence-corrected chi connectivity index (χ3v) is 5.90. The van der Waals surface area contributed by atoms with Gasteiger partial charge in [0, 0.05) is 11.1 Å². The van der Waals surface area contributed by atoms with Crippen LogP contribution in [-0.4, -0.2) is 21.7 Å². The molecular weight excluding hydrogens is 398 g/mol. The molecule has 8 heteroatoms. The van der Waals surface area contributed by atoms with E-state index in [-0.39, 0.29) is 11.9 Å². The number of nitrogens with zero attached hydrogens (tertiary/aromatic N) is 2. The summed E-state index contributed by atoms with van der Waals surface area (Å²) >= 11 is 1.42. The van der Waals surface area contributed by atoms with Gasteiger partial charge in [0.1, 0.15) is 4.83 Å². The number of hydrogen-bond donors (Lipinski definition) is 3. The molecule has 3 amide bonds. The molecule has 1 atom stereocenters. The maximum atomic E-state index is 12.9. The van der Waals surface area contributed by atoms with E-state index in [4.69, 9.17) is 5.73 Å². The molecule has 2 heterocycles. The van der Waals surface area contributed by atoms with Gasteiger partial charge in [-0.25, -0.2) is 9.48 Å². The number of anilines is 1. The number of urea groups is 1. The van der Waals surface area contributed by atoms with Crippen LogP contribution in [0.2, 0.25) is 0 Å². The van der Waals surface area contributed by atoms with Gasteiger partial charge in [-0.05, 0) is 49.7 Å². The molecule has 4 rings (SSSR count). The number of benzene rings is 2. The number of thiophene rings is 1. The third kappa shape index (κ3) is 3.90. The first-order valence-corrected chi connectivity index (χ1v) is 10.3. The molecule has 0 bridgehead atoms. The number of aromatic nitrogens is 2. The average Bonchev–Trinajstić information content (AvgIpc) is 3.29. The summed E-state index contributed by atoms with van der Waals surface area (Å²) in [6, 6.07) is 18.1. The van der Waals surface area contributed by atoms with Crippen molar-refractivity contribution >= 4 is 39.2 Å². The van der Waals surface area contributed by atoms with Crippen molar-refractivity contribution in [3.8, 4) is 5.69 Å². The Morgan fingerprint density at radius 2 is 1.80 bits per heavy atom. The van der Waals surface area contributed by atoms with E-state index in [1.165, 1.54) is 11.3 Å². The molecule has 0 aliphatic rings. The maximum Gasteiger partial charge on any atom is 0.316 e. The number of nitrogens with one attached hydrogen (secondary N) is 2. The van der Waals surface area contributed by atoms with Crippen molar-refractivity contribution in [1.29, 1.82) is 0 Å². The first kappa shape index (κ1) is 19.7. The van der Waals surface area contributed by atoms with Crippen LogP contribution in [0.1, 0.15) is 33.9 Å². The molecule has 0 fully saturated rings. The highest BCUT2D eigenvalue weighted by Crippen LogP contribution is 2.30. The summed E-state index contributed by atoms with van der Waals surface area (Å²) in [7, 11) is 0. The van der Waals surface area contributed by atoms with Gasteiger partial charge >= 0.3 is 6.03 Å². The normalized spacial score (nSPS) is 11.9. The minimum absolute atomic E-state index is 0.137. The summed E-state index contributed by atoms with van der Waals surface area (Å²) in [5.41, 5.74) is 8.50. The van der Waals surface area contributed by atoms with Crippen LogP contribution in [0.25, 0.3) is 15.9 Å². The molecule has 2 aromatic heterocycles. The van der Waals surface area contributed by atoms with Crippen LogP contribution < -0.4 is 16.4 Å². The maximum absolute atomic E-state index is 12.9. The van der Waals surface area contributed by atoms with Crippen LogP contribution in [-0.2, 0) is 0 Å². The van der Waals surface area contributed by atoms with Crippen molar-refractivity contribution in [2.75, 3.05) is 5.32 Å². The Bertz CT molecular complexity index is 1210. The molecule has 30 heavy (non-hydrogen) atoms. The van der Waals surface area contributed by atoms with Crippen molar-refractivity contribution in [3.05, 3.63) is 76.8 Å². The second-order valence-electron chi connectivity index (χ2n) is 6.97. The number of rotatable bonds is 5. The first-order chi connectivity index (χ1) is 14.4. The molecular formula is C22H21N5O2S. The Hall–Kier alpha value is -3.65. The lowest BCUT2D eigenvalue weighted by Crippen LogP contribution is -2.26. The number of carbonyl (C=O) groups excluding carboxylic acids is 2. The largest absolute Gasteiger partial charge is 0.351 e. The lowest BCUT2D eigenvalue weighted by molar-refractivity contribution is 0.0944. The van der Waals surface area contributed by atoms with Crippen molar-refractivity contribution in [2.45, 2.75) is 19.9 Å². The summed E-state index contributed by atoms with van der Waals surface area (Å²) < 4.78 is 1.88. The van der Waals surface area contributed by atoms with Gasteiger partial charge in [0.05, 0.1) is 22.3 Å². The number of primary amides is 1. The molecule has 7 nitrogen and oxygen atoms in total. The van der Waals surface area contributed by atoms with E-state index in [0.717, 1.165) is 27.2 Å². The van der Waals surface area contributed by atoms with Crippen LogP contribution in [0.3, 0.4) is 0 Å². The van der Waals surface area contributed by atoms with Crippen LogP contribution >= 0.6 is 11.3 Å². The zero-order chi connectivity index (χ0) is 21.3. The Labute approximate surface area is 177 Å². The lowest BCUT2D eigenvalue weighted by Gasteiger charge is -2.14. The van der Waals surface area contributed by atoms with Gasteiger partial charge < -0.3 is 16.4 Å². The monoisotopic (exact) mass is 419 g/mol. The highest BCUT2D eigenvalue weighted by molar-refractivity contribution is 7.20. The molecule has 0 saturated heterocycles. The minimum Gasteiger partial charge on any atom is -0.351 e. The third-order valence-electron chi connectivity index (χ3n) is 4.80. The molecule has 0 radical (unpaired) electrons. The summed E-state index contributed by atoms with van der Waals surface area (Å²) in [5.74, 6) is -0.137. The summed E-state index contributed by atoms with van der Waals surface area (Å²) in [6.45, 7) is 3.86. The van der Waals surface area contributed by atoms with E-state index in [9.17, 15) is 9.59 Å². The fourth-order valence-corrected chi connectivity index (χ4v) is 4.34. The quantitative estimate of drug-likeness (QED) is 0.447. The van der Waals surface area contributed by atoms with Gasteiger partial charge in [-0.15, -0.1) is 11.3 Å². The lowest BCUT2D eigenvalue weighted by atomic mass is 10.1. The molecule has 0 aliphatic carbocycles. The molecule has 2 aromatic carbocycles. The van der Waals surface area contributed by atoms with Crippen LogP contribution in [0, 0.1) is 6.92 Å². The van der Waals surface area contributed by atoms with Crippen LogP contribution in [0.4, 0.5) is 10.5 Å². The predicted molar refractivity (Wildman–Crippen MR) is 119 cm³/mol. The molecule has 1 unspecified atom stereocenters. The number of carbonyl (C=O) groups is 2. The summed E-state index contributed by atoms with van der Waals surface area (Å²) in [5, 5.41) is 11.1. The SMILES string of the molecule is Cc1nn(-c2ccccc2)c2sc(C(=O)NC(C)c3ccc(NC(N)=O)cc3)cc12. The first-order valence-electron chi connectivity index (χ1n) is 9.44. The Morgan fingerprint density at radius 1 is 1.10 bits per heavy atom. The predicted octanol–water partition coefficient (Wildman–Crippen LogP) is 4.38. The highest BCUT2D eigenvalue weighted by atomic mass is 32.1. The second-order valence-corrected chi connectivity index (χ2v) is 8.00. The van der Waals surface area contributed by atoms with Crippen molar-refractivity contribution < 1.29 is 9.59 Å². The Morgan fingerprint density at radius 3 is 2.47 bits per heavy atom. The van der Waals surface area contributed by atoms with Gasteiger partial charge in [0.2, 0.25) is 0 Å². The Kier molecular flexibility index (Phi) is 5.24. The second kappa shape index (κ2) is 8.00. The number of para-hydroxylation sites is 1. The fourth-order valence-electron chi connectivity index (χ4n) is 3.25. The fraction of sp³-hybridized carbons (Fsp3) is 0.136. The van der Waals surface area contributed by atoms with Gasteiger partial charge in [0.15, 0.2) is 0 Å². The molecule has 0 saturated carbocycles. The van der Waals surface area contributed by atoms with E-state index in [1.54, 1.807) is 12.1 Å². The number of amides is 3. The van der Waals surface area contributed by atoms with Gasteiger partial charge in [-0.2, -0.15) is 5.10 Å². The zero-order valence-electron chi connectivity index (χ0n) is 16.5. The van der Waals surface area contributed by atoms with E-state index in [2.05, 4.69) is 15.7 Å². The topological polar surface area (TPSA) is 102 Å². The number of aryl methyl sites for hydroxylation is 1. The van der Waals surface area contributed by atoms with E-state index in [1.807, 2.05) is 67.1 Å². The van der Waals surface area contributed by atoms with Gasteiger partial charge in [0.25, 0.3) is 5.91 Å². The highest BCUT2D eigenvalue weighted by Gasteiger charge is 2.18. The number of hydrogen-bond acceptors (Lipinski definition) is 4. The number of fused-ring (bicyclic) bond motifs is 1. The standard InChI is InChI=1S/C22H21N5O2S/c1-13(15-8-10-16(11-9-15)25-22(23)29)24-20(28)19-12-18-14(2)26-27(21(18)30-19)17-6-4-3-5-7-17/h3-13H,1-2H3,(H,24,28)(H3,23,25,29). The average molecular weight is 420 g/mol. The molecule has 4 aromatic rings. The molecule has 152 valence electrons. The van der Waals surface area contributed by atoms with E-state index in [0.29, 0.717) is 10.6 Å². The zero-order valence-corrected chi connectivity index (χ0v) is 17.4. The number of nitrogens with two attached hydrogens (primary N) is 1. The van der Waals surface area contributed by atoms with Gasteiger partial charge in [-0.1, -0.05) is 30.3 Å². The molecule has 0 aliphatic heterocycles. The smallest absolute Gasteiger partial charge is 0.316 e. The minimum atomic E-state index is -0.613. The Balaban J connectivity index is 1.54. The van der Waals surface area contributed by atoms with Crippen molar-refractivity contribution in [3.63, 3.8) is 0 Å². The molecule has 4 N–H and O–H groups in total. The van der Waals surface area contributed by atoms with Gasteiger partial charge in [-0.3, -0.25) is 4.79 Å². The van der Waals surface area contributed by atoms with E-state index < -0.39 is 6.03 Å². The summed E-state index contributed by atoms with van der Waals surface area (Å²) in [6.07, 6.45) is 0. The molecule has 0 spiro atoms. The van der Waals surface area contributed by atoms with Crippen LogP contribution in [0.15, 0.2) is 60.7 Å². The summed E-state index contributed by atoms with van der Waals surface area (Å²) in [4.78, 5) is 25.4. The van der Waals surface area contributed by atoms with Crippen LogP contribution in [0.5, 0.6) is 0 Å².